The Hall–Kier alpha value is -1.16. The van der Waals surface area contributed by atoms with Crippen LogP contribution in [0.4, 0.5) is 0 Å². The molecule has 0 saturated heterocycles. The third-order valence-corrected chi connectivity index (χ3v) is 1.89. The summed E-state index contributed by atoms with van der Waals surface area (Å²) >= 11 is 0. The summed E-state index contributed by atoms with van der Waals surface area (Å²) in [6.45, 7) is 7.98. The van der Waals surface area contributed by atoms with Crippen molar-refractivity contribution in [2.24, 2.45) is 0 Å². The minimum Gasteiger partial charge on any atom is -0.371 e. The normalized spacial score (nSPS) is 18.8. The number of nitrogens with zero attached hydrogens (tertiary/aromatic N) is 1. The Labute approximate surface area is 89.9 Å². The van der Waals surface area contributed by atoms with Crippen molar-refractivity contribution in [3.8, 4) is 0 Å². The highest BCUT2D eigenvalue weighted by Crippen LogP contribution is 2.13. The lowest BCUT2D eigenvalue weighted by atomic mass is 10.2. The van der Waals surface area contributed by atoms with Gasteiger partial charge in [-0.15, -0.1) is 0 Å². The quantitative estimate of drug-likeness (QED) is 0.657. The molecule has 0 aliphatic carbocycles. The Morgan fingerprint density at radius 1 is 1.27 bits per heavy atom. The second-order valence-corrected chi connectivity index (χ2v) is 4.66. The van der Waals surface area contributed by atoms with Gasteiger partial charge in [-0.05, 0) is 27.7 Å². The van der Waals surface area contributed by atoms with Crippen molar-refractivity contribution in [3.05, 3.63) is 12.2 Å². The second-order valence-electron chi connectivity index (χ2n) is 4.66. The number of imide groups is 1. The zero-order chi connectivity index (χ0) is 11.6. The fourth-order valence-electron chi connectivity index (χ4n) is 1.51. The minimum atomic E-state index is -0.265. The molecule has 0 aromatic carbocycles. The summed E-state index contributed by atoms with van der Waals surface area (Å²) in [5, 5.41) is 0. The molecule has 0 aromatic rings. The highest BCUT2D eigenvalue weighted by molar-refractivity contribution is 6.12. The van der Waals surface area contributed by atoms with Crippen LogP contribution in [0.15, 0.2) is 12.2 Å². The van der Waals surface area contributed by atoms with Crippen LogP contribution in [0.2, 0.25) is 0 Å². The molecule has 1 aliphatic rings. The fourth-order valence-corrected chi connectivity index (χ4v) is 1.51. The molecule has 1 aliphatic heterocycles. The van der Waals surface area contributed by atoms with Crippen LogP contribution >= 0.6 is 0 Å². The predicted octanol–water partition coefficient (Wildman–Crippen LogP) is 1.11. The van der Waals surface area contributed by atoms with E-state index in [1.807, 2.05) is 27.7 Å². The van der Waals surface area contributed by atoms with Gasteiger partial charge in [-0.25, -0.2) is 0 Å². The van der Waals surface area contributed by atoms with E-state index in [1.165, 1.54) is 17.1 Å². The van der Waals surface area contributed by atoms with Crippen molar-refractivity contribution in [2.75, 3.05) is 6.54 Å². The van der Waals surface area contributed by atoms with Crippen LogP contribution in [0.5, 0.6) is 0 Å². The van der Waals surface area contributed by atoms with Gasteiger partial charge in [0, 0.05) is 12.2 Å². The first-order chi connectivity index (χ1) is 6.79. The van der Waals surface area contributed by atoms with Gasteiger partial charge in [0.2, 0.25) is 0 Å². The molecule has 0 spiro atoms. The van der Waals surface area contributed by atoms with E-state index in [-0.39, 0.29) is 23.5 Å². The highest BCUT2D eigenvalue weighted by atomic mass is 16.5. The van der Waals surface area contributed by atoms with Crippen LogP contribution in [0.1, 0.15) is 27.7 Å². The van der Waals surface area contributed by atoms with Gasteiger partial charge in [-0.2, -0.15) is 0 Å². The van der Waals surface area contributed by atoms with Crippen molar-refractivity contribution < 1.29 is 14.3 Å². The Morgan fingerprint density at radius 3 is 2.13 bits per heavy atom. The lowest BCUT2D eigenvalue weighted by molar-refractivity contribution is -0.141. The van der Waals surface area contributed by atoms with Gasteiger partial charge in [0.1, 0.15) is 0 Å². The molecular weight excluding hydrogens is 194 g/mol. The van der Waals surface area contributed by atoms with Gasteiger partial charge in [0.05, 0.1) is 18.2 Å². The Balaban J connectivity index is 2.49. The summed E-state index contributed by atoms with van der Waals surface area (Å²) < 4.78 is 5.62. The third kappa shape index (κ3) is 3.47. The Bertz CT molecular complexity index is 283. The molecule has 15 heavy (non-hydrogen) atoms. The molecule has 0 N–H and O–H groups in total. The zero-order valence-electron chi connectivity index (χ0n) is 9.61. The molecule has 4 heteroatoms. The van der Waals surface area contributed by atoms with Crippen molar-refractivity contribution in [3.63, 3.8) is 0 Å². The summed E-state index contributed by atoms with van der Waals surface area (Å²) in [6.07, 6.45) is 2.41. The summed E-state index contributed by atoms with van der Waals surface area (Å²) in [4.78, 5) is 23.7. The van der Waals surface area contributed by atoms with Crippen molar-refractivity contribution in [1.29, 1.82) is 0 Å². The van der Waals surface area contributed by atoms with E-state index in [9.17, 15) is 9.59 Å². The van der Waals surface area contributed by atoms with Crippen LogP contribution in [0, 0.1) is 0 Å². The first-order valence-corrected chi connectivity index (χ1v) is 5.01. The first-order valence-electron chi connectivity index (χ1n) is 5.01. The van der Waals surface area contributed by atoms with Gasteiger partial charge < -0.3 is 4.74 Å². The van der Waals surface area contributed by atoms with E-state index in [0.29, 0.717) is 6.54 Å². The Morgan fingerprint density at radius 2 is 1.73 bits per heavy atom. The lowest BCUT2D eigenvalue weighted by Gasteiger charge is -2.27. The fraction of sp³-hybridized carbons (Fsp3) is 0.636. The van der Waals surface area contributed by atoms with Crippen LogP contribution in [-0.4, -0.2) is 35.0 Å². The van der Waals surface area contributed by atoms with Crippen molar-refractivity contribution >= 4 is 11.8 Å². The van der Waals surface area contributed by atoms with Gasteiger partial charge in [-0.3, -0.25) is 14.5 Å². The van der Waals surface area contributed by atoms with Crippen LogP contribution in [-0.2, 0) is 14.3 Å². The molecule has 2 amide bonds. The molecule has 0 unspecified atom stereocenters. The Kier molecular flexibility index (Phi) is 3.29. The van der Waals surface area contributed by atoms with E-state index in [4.69, 9.17) is 4.74 Å². The van der Waals surface area contributed by atoms with Gasteiger partial charge >= 0.3 is 0 Å². The topological polar surface area (TPSA) is 46.6 Å². The molecular formula is C11H17NO3. The first kappa shape index (κ1) is 11.9. The van der Waals surface area contributed by atoms with Crippen LogP contribution < -0.4 is 0 Å². The van der Waals surface area contributed by atoms with Crippen LogP contribution in [0.3, 0.4) is 0 Å². The number of carbonyl (C=O) groups excluding carboxylic acids is 2. The number of ether oxygens (including phenoxy) is 1. The second kappa shape index (κ2) is 4.14. The van der Waals surface area contributed by atoms with E-state index < -0.39 is 0 Å². The molecule has 0 fully saturated rings. The average Bonchev–Trinajstić information content (AvgIpc) is 2.32. The number of rotatable bonds is 3. The van der Waals surface area contributed by atoms with Gasteiger partial charge in [-0.1, -0.05) is 0 Å². The molecule has 4 nitrogen and oxygen atoms in total. The smallest absolute Gasteiger partial charge is 0.253 e. The van der Waals surface area contributed by atoms with Crippen molar-refractivity contribution in [1.82, 2.24) is 4.90 Å². The average molecular weight is 211 g/mol. The van der Waals surface area contributed by atoms with Gasteiger partial charge in [0.25, 0.3) is 11.8 Å². The molecule has 0 radical (unpaired) electrons. The SMILES string of the molecule is C[C@H](CN1C(=O)C=CC1=O)OC(C)(C)C. The van der Waals surface area contributed by atoms with E-state index in [2.05, 4.69) is 0 Å². The van der Waals surface area contributed by atoms with E-state index in [0.717, 1.165) is 0 Å². The van der Waals surface area contributed by atoms with Crippen LogP contribution in [0.25, 0.3) is 0 Å². The molecule has 1 heterocycles. The summed E-state index contributed by atoms with van der Waals surface area (Å²) in [5.74, 6) is -0.520. The highest BCUT2D eigenvalue weighted by Gasteiger charge is 2.26. The molecule has 0 bridgehead atoms. The maximum absolute atomic E-state index is 11.2. The monoisotopic (exact) mass is 211 g/mol. The molecule has 84 valence electrons. The maximum atomic E-state index is 11.2. The standard InChI is InChI=1S/C11H17NO3/c1-8(15-11(2,3)4)7-12-9(13)5-6-10(12)14/h5-6,8H,7H2,1-4H3/t8-/m1/s1. The summed E-state index contributed by atoms with van der Waals surface area (Å²) in [5.41, 5.74) is -0.265. The molecule has 0 saturated carbocycles. The van der Waals surface area contributed by atoms with E-state index in [1.54, 1.807) is 0 Å². The van der Waals surface area contributed by atoms with Gasteiger partial charge in [0.15, 0.2) is 0 Å². The predicted molar refractivity (Wildman–Crippen MR) is 56.2 cm³/mol. The number of hydrogen-bond donors (Lipinski definition) is 0. The number of hydrogen-bond acceptors (Lipinski definition) is 3. The maximum Gasteiger partial charge on any atom is 0.253 e. The number of amides is 2. The summed E-state index contributed by atoms with van der Waals surface area (Å²) in [6, 6.07) is 0. The minimum absolute atomic E-state index is 0.155. The van der Waals surface area contributed by atoms with E-state index >= 15 is 0 Å². The summed E-state index contributed by atoms with van der Waals surface area (Å²) in [7, 11) is 0. The molecule has 0 aromatic heterocycles. The zero-order valence-corrected chi connectivity index (χ0v) is 9.61. The third-order valence-electron chi connectivity index (χ3n) is 1.89. The number of carbonyl (C=O) groups is 2. The molecule has 1 rings (SSSR count). The lowest BCUT2D eigenvalue weighted by Crippen LogP contribution is -2.39. The molecule has 1 atom stereocenters. The largest absolute Gasteiger partial charge is 0.371 e. The van der Waals surface area contributed by atoms with Crippen molar-refractivity contribution in [2.45, 2.75) is 39.4 Å².